The third-order valence-corrected chi connectivity index (χ3v) is 7.23. The summed E-state index contributed by atoms with van der Waals surface area (Å²) in [6.45, 7) is 0. The topological polar surface area (TPSA) is 94.6 Å². The van der Waals surface area contributed by atoms with Gasteiger partial charge < -0.3 is 20.1 Å². The number of rotatable bonds is 4. The molecular formula is C22H21FN2O4S. The summed E-state index contributed by atoms with van der Waals surface area (Å²) < 4.78 is 22.8. The molecular weight excluding hydrogens is 407 g/mol. The van der Waals surface area contributed by atoms with E-state index in [0.717, 1.165) is 48.6 Å². The van der Waals surface area contributed by atoms with Crippen LogP contribution in [-0.4, -0.2) is 22.8 Å². The monoisotopic (exact) mass is 428 g/mol. The molecule has 0 radical (unpaired) electrons. The van der Waals surface area contributed by atoms with Crippen LogP contribution in [0.15, 0.2) is 23.1 Å². The van der Waals surface area contributed by atoms with Crippen molar-refractivity contribution in [3.63, 3.8) is 0 Å². The molecule has 2 aliphatic carbocycles. The normalized spacial score (nSPS) is 18.4. The zero-order valence-corrected chi connectivity index (χ0v) is 17.2. The van der Waals surface area contributed by atoms with Crippen molar-refractivity contribution in [1.29, 1.82) is 0 Å². The number of nitrogens with two attached hydrogens (primary N) is 1. The number of halogens is 1. The standard InChI is InChI=1S/C22H21FN2O4S/c1-29-21-18(17-8-11-15(24)3-2-4-16(11)30-17)14(23)7-12-19(21)25(10-5-6-10)9-13(20(12)26)22(27)28/h7-10,15H,2-6,24H2,1H3,(H,27,28). The van der Waals surface area contributed by atoms with Gasteiger partial charge in [-0.2, -0.15) is 0 Å². The lowest BCUT2D eigenvalue weighted by Crippen LogP contribution is -2.19. The van der Waals surface area contributed by atoms with Gasteiger partial charge in [-0.05, 0) is 49.8 Å². The number of aromatic nitrogens is 1. The number of hydrogen-bond acceptors (Lipinski definition) is 5. The maximum Gasteiger partial charge on any atom is 0.341 e. The van der Waals surface area contributed by atoms with Crippen LogP contribution >= 0.6 is 11.3 Å². The highest BCUT2D eigenvalue weighted by Crippen LogP contribution is 2.47. The minimum Gasteiger partial charge on any atom is -0.494 e. The summed E-state index contributed by atoms with van der Waals surface area (Å²) in [6, 6.07) is 3.10. The highest BCUT2D eigenvalue weighted by atomic mass is 32.1. The fourth-order valence-corrected chi connectivity index (χ4v) is 5.71. The molecule has 1 unspecified atom stereocenters. The first kappa shape index (κ1) is 19.3. The zero-order valence-electron chi connectivity index (χ0n) is 16.4. The Balaban J connectivity index is 1.84. The van der Waals surface area contributed by atoms with Gasteiger partial charge in [0.15, 0.2) is 5.75 Å². The van der Waals surface area contributed by atoms with Crippen LogP contribution in [0.2, 0.25) is 0 Å². The van der Waals surface area contributed by atoms with E-state index in [1.807, 2.05) is 6.07 Å². The minimum atomic E-state index is -1.32. The molecule has 1 atom stereocenters. The second-order valence-corrected chi connectivity index (χ2v) is 9.10. The molecule has 2 aliphatic rings. The Bertz CT molecular complexity index is 1260. The first-order valence-electron chi connectivity index (χ1n) is 9.98. The second-order valence-electron chi connectivity index (χ2n) is 7.97. The van der Waals surface area contributed by atoms with Crippen molar-refractivity contribution >= 4 is 28.2 Å². The van der Waals surface area contributed by atoms with Crippen LogP contribution in [0.3, 0.4) is 0 Å². The summed E-state index contributed by atoms with van der Waals surface area (Å²) in [5, 5.41) is 9.48. The molecule has 5 rings (SSSR count). The molecule has 2 aromatic heterocycles. The van der Waals surface area contributed by atoms with Crippen LogP contribution in [0.5, 0.6) is 5.75 Å². The molecule has 1 saturated carbocycles. The SMILES string of the molecule is COc1c(-c2cc3c(s2)CCCC3N)c(F)cc2c(=O)c(C(=O)O)cn(C3CC3)c12. The van der Waals surface area contributed by atoms with Crippen LogP contribution in [-0.2, 0) is 6.42 Å². The summed E-state index contributed by atoms with van der Waals surface area (Å²) in [5.41, 5.74) is 6.98. The van der Waals surface area contributed by atoms with Crippen LogP contribution in [0, 0.1) is 5.82 Å². The van der Waals surface area contributed by atoms with Gasteiger partial charge in [0.1, 0.15) is 11.4 Å². The number of thiophene rings is 1. The number of carbonyl (C=O) groups is 1. The summed E-state index contributed by atoms with van der Waals surface area (Å²) in [4.78, 5) is 26.3. The molecule has 3 aromatic rings. The number of aromatic carboxylic acids is 1. The molecule has 156 valence electrons. The van der Waals surface area contributed by atoms with Gasteiger partial charge in [0.25, 0.3) is 0 Å². The van der Waals surface area contributed by atoms with Gasteiger partial charge >= 0.3 is 5.97 Å². The Morgan fingerprint density at radius 3 is 2.73 bits per heavy atom. The molecule has 0 bridgehead atoms. The fourth-order valence-electron chi connectivity index (χ4n) is 4.39. The van der Waals surface area contributed by atoms with Crippen molar-refractivity contribution in [3.05, 3.63) is 50.4 Å². The fraction of sp³-hybridized carbons (Fsp3) is 0.364. The van der Waals surface area contributed by atoms with E-state index < -0.39 is 17.2 Å². The highest BCUT2D eigenvalue weighted by molar-refractivity contribution is 7.15. The van der Waals surface area contributed by atoms with Crippen molar-refractivity contribution < 1.29 is 19.0 Å². The van der Waals surface area contributed by atoms with Crippen molar-refractivity contribution in [1.82, 2.24) is 4.57 Å². The number of carboxylic acids is 1. The van der Waals surface area contributed by atoms with Gasteiger partial charge in [-0.3, -0.25) is 4.79 Å². The smallest absolute Gasteiger partial charge is 0.341 e. The number of methoxy groups -OCH3 is 1. The van der Waals surface area contributed by atoms with Crippen molar-refractivity contribution in [2.75, 3.05) is 7.11 Å². The summed E-state index contributed by atoms with van der Waals surface area (Å²) >= 11 is 1.51. The van der Waals surface area contributed by atoms with Crippen molar-refractivity contribution in [3.8, 4) is 16.2 Å². The largest absolute Gasteiger partial charge is 0.494 e. The molecule has 8 heteroatoms. The molecule has 1 fully saturated rings. The maximum absolute atomic E-state index is 15.4. The minimum absolute atomic E-state index is 0.0259. The summed E-state index contributed by atoms with van der Waals surface area (Å²) in [5.74, 6) is -1.66. The third-order valence-electron chi connectivity index (χ3n) is 6.00. The summed E-state index contributed by atoms with van der Waals surface area (Å²) in [7, 11) is 1.45. The molecule has 0 amide bonds. The number of ether oxygens (including phenoxy) is 1. The lowest BCUT2D eigenvalue weighted by molar-refractivity contribution is 0.0695. The van der Waals surface area contributed by atoms with Crippen LogP contribution in [0.1, 0.15) is 58.6 Å². The van der Waals surface area contributed by atoms with E-state index in [9.17, 15) is 14.7 Å². The number of benzene rings is 1. The third kappa shape index (κ3) is 2.86. The number of nitrogens with zero attached hydrogens (tertiary/aromatic N) is 1. The van der Waals surface area contributed by atoms with E-state index in [1.54, 1.807) is 4.57 Å². The Labute approximate surface area is 175 Å². The molecule has 1 aromatic carbocycles. The first-order valence-corrected chi connectivity index (χ1v) is 10.8. The lowest BCUT2D eigenvalue weighted by atomic mass is 9.94. The molecule has 2 heterocycles. The Morgan fingerprint density at radius 1 is 1.33 bits per heavy atom. The maximum atomic E-state index is 15.4. The van der Waals surface area contributed by atoms with Crippen LogP contribution in [0.25, 0.3) is 21.3 Å². The first-order chi connectivity index (χ1) is 14.4. The van der Waals surface area contributed by atoms with E-state index in [1.165, 1.54) is 24.6 Å². The van der Waals surface area contributed by atoms with Gasteiger partial charge in [0, 0.05) is 28.0 Å². The predicted octanol–water partition coefficient (Wildman–Crippen LogP) is 4.25. The molecule has 0 saturated heterocycles. The van der Waals surface area contributed by atoms with E-state index in [2.05, 4.69) is 0 Å². The van der Waals surface area contributed by atoms with Gasteiger partial charge in [0.2, 0.25) is 5.43 Å². The van der Waals surface area contributed by atoms with Crippen molar-refractivity contribution in [2.45, 2.75) is 44.2 Å². The molecule has 6 nitrogen and oxygen atoms in total. The molecule has 30 heavy (non-hydrogen) atoms. The molecule has 0 spiro atoms. The van der Waals surface area contributed by atoms with E-state index in [0.29, 0.717) is 16.0 Å². The Kier molecular flexibility index (Phi) is 4.44. The number of hydrogen-bond donors (Lipinski definition) is 2. The van der Waals surface area contributed by atoms with Gasteiger partial charge in [-0.1, -0.05) is 0 Å². The zero-order chi connectivity index (χ0) is 21.2. The number of carboxylic acid groups (broad SMARTS) is 1. The Hall–Kier alpha value is -2.71. The molecule has 3 N–H and O–H groups in total. The van der Waals surface area contributed by atoms with Gasteiger partial charge in [0.05, 0.1) is 23.6 Å². The quantitative estimate of drug-likeness (QED) is 0.648. The highest BCUT2D eigenvalue weighted by Gasteiger charge is 2.31. The lowest BCUT2D eigenvalue weighted by Gasteiger charge is -2.18. The van der Waals surface area contributed by atoms with Crippen LogP contribution < -0.4 is 15.9 Å². The Morgan fingerprint density at radius 2 is 2.10 bits per heavy atom. The molecule has 0 aliphatic heterocycles. The predicted molar refractivity (Wildman–Crippen MR) is 113 cm³/mol. The van der Waals surface area contributed by atoms with Gasteiger partial charge in [-0.25, -0.2) is 9.18 Å². The van der Waals surface area contributed by atoms with Crippen molar-refractivity contribution in [2.24, 2.45) is 5.73 Å². The van der Waals surface area contributed by atoms with Crippen LogP contribution in [0.4, 0.5) is 4.39 Å². The van der Waals surface area contributed by atoms with E-state index in [4.69, 9.17) is 10.5 Å². The number of aryl methyl sites for hydroxylation is 1. The number of pyridine rings is 1. The van der Waals surface area contributed by atoms with E-state index in [-0.39, 0.29) is 28.8 Å². The summed E-state index contributed by atoms with van der Waals surface area (Å²) in [6.07, 6.45) is 5.93. The van der Waals surface area contributed by atoms with Gasteiger partial charge in [-0.15, -0.1) is 11.3 Å². The average molecular weight is 428 g/mol. The second kappa shape index (κ2) is 6.92. The van der Waals surface area contributed by atoms with E-state index >= 15 is 4.39 Å². The number of fused-ring (bicyclic) bond motifs is 2. The average Bonchev–Trinajstić information content (AvgIpc) is 3.46.